The van der Waals surface area contributed by atoms with Gasteiger partial charge in [-0.05, 0) is 33.1 Å². The number of nitrogens with one attached hydrogen (secondary N) is 2. The van der Waals surface area contributed by atoms with E-state index in [9.17, 15) is 9.59 Å². The number of rotatable bonds is 7. The van der Waals surface area contributed by atoms with Crippen LogP contribution in [0.15, 0.2) is 16.4 Å². The Hall–Kier alpha value is -2.03. The van der Waals surface area contributed by atoms with Crippen molar-refractivity contribution in [3.8, 4) is 0 Å². The first-order chi connectivity index (χ1) is 13.5. The molecule has 0 spiro atoms. The largest absolute Gasteiger partial charge is 0.463 e. The van der Waals surface area contributed by atoms with Crippen LogP contribution in [-0.2, 0) is 9.53 Å². The van der Waals surface area contributed by atoms with E-state index >= 15 is 0 Å². The average Bonchev–Trinajstić information content (AvgIpc) is 3.07. The minimum absolute atomic E-state index is 0.291. The summed E-state index contributed by atoms with van der Waals surface area (Å²) in [6, 6.07) is -0.211. The van der Waals surface area contributed by atoms with Crippen LogP contribution >= 0.6 is 11.8 Å². The van der Waals surface area contributed by atoms with Crippen molar-refractivity contribution in [1.82, 2.24) is 25.4 Å². The minimum Gasteiger partial charge on any atom is -0.463 e. The zero-order valence-electron chi connectivity index (χ0n) is 16.8. The maximum atomic E-state index is 12.5. The van der Waals surface area contributed by atoms with Crippen molar-refractivity contribution in [1.29, 1.82) is 0 Å². The molecule has 2 heterocycles. The summed E-state index contributed by atoms with van der Waals surface area (Å²) in [7, 11) is 0. The molecular weight excluding hydrogens is 378 g/mol. The Morgan fingerprint density at radius 2 is 2.00 bits per heavy atom. The summed E-state index contributed by atoms with van der Waals surface area (Å²) in [5.74, 6) is 0.959. The summed E-state index contributed by atoms with van der Waals surface area (Å²) in [6.07, 6.45) is 6.64. The molecule has 0 bridgehead atoms. The van der Waals surface area contributed by atoms with Gasteiger partial charge in [-0.3, -0.25) is 0 Å². The molecule has 28 heavy (non-hydrogen) atoms. The van der Waals surface area contributed by atoms with Crippen molar-refractivity contribution in [3.05, 3.63) is 17.1 Å². The quantitative estimate of drug-likeness (QED) is 0.532. The third kappa shape index (κ3) is 4.51. The van der Waals surface area contributed by atoms with Gasteiger partial charge >= 0.3 is 12.0 Å². The molecule has 0 radical (unpaired) electrons. The molecule has 9 heteroatoms. The summed E-state index contributed by atoms with van der Waals surface area (Å²) in [6.45, 7) is 5.98. The molecule has 0 saturated heterocycles. The summed E-state index contributed by atoms with van der Waals surface area (Å²) in [5, 5.41) is 15.0. The third-order valence-electron chi connectivity index (χ3n) is 5.27. The van der Waals surface area contributed by atoms with E-state index in [1.54, 1.807) is 6.92 Å². The first-order valence-electron chi connectivity index (χ1n) is 10.1. The highest BCUT2D eigenvalue weighted by Gasteiger charge is 2.32. The standard InChI is InChI=1S/C19H29N5O3S/c1-4-14-16(17(25)27-5-2)15(21-18(26)20-14)11-28-19-23-22-12(3)24(19)13-9-7-6-8-10-13/h13-14H,4-11H2,1-3H3,(H2,20,21,26)/t14-/m1/s1. The Morgan fingerprint density at radius 3 is 2.68 bits per heavy atom. The number of thioether (sulfide) groups is 1. The number of carbonyl (C=O) groups excluding carboxylic acids is 2. The van der Waals surface area contributed by atoms with Gasteiger partial charge in [-0.25, -0.2) is 9.59 Å². The van der Waals surface area contributed by atoms with Gasteiger partial charge in [-0.2, -0.15) is 0 Å². The van der Waals surface area contributed by atoms with Gasteiger partial charge in [-0.1, -0.05) is 37.9 Å². The number of esters is 1. The second-order valence-corrected chi connectivity index (χ2v) is 8.09. The number of urea groups is 1. The molecule has 0 unspecified atom stereocenters. The molecule has 1 aliphatic heterocycles. The second kappa shape index (κ2) is 9.45. The lowest BCUT2D eigenvalue weighted by molar-refractivity contribution is -0.139. The SMILES string of the molecule is CCOC(=O)C1=C(CSc2nnc(C)n2C2CCCCC2)NC(=O)N[C@@H]1CC. The number of aryl methyl sites for hydroxylation is 1. The number of hydrogen-bond donors (Lipinski definition) is 2. The highest BCUT2D eigenvalue weighted by atomic mass is 32.2. The Kier molecular flexibility index (Phi) is 6.98. The van der Waals surface area contributed by atoms with Gasteiger partial charge in [0.2, 0.25) is 0 Å². The number of aromatic nitrogens is 3. The summed E-state index contributed by atoms with van der Waals surface area (Å²) < 4.78 is 7.44. The fourth-order valence-electron chi connectivity index (χ4n) is 3.92. The van der Waals surface area contributed by atoms with Gasteiger partial charge in [0.15, 0.2) is 5.16 Å². The Morgan fingerprint density at radius 1 is 1.25 bits per heavy atom. The van der Waals surface area contributed by atoms with E-state index < -0.39 is 0 Å². The van der Waals surface area contributed by atoms with E-state index in [1.165, 1.54) is 31.0 Å². The minimum atomic E-state index is -0.387. The summed E-state index contributed by atoms with van der Waals surface area (Å²) in [4.78, 5) is 24.5. The zero-order valence-corrected chi connectivity index (χ0v) is 17.6. The fourth-order valence-corrected chi connectivity index (χ4v) is 4.94. The number of nitrogens with zero attached hydrogens (tertiary/aromatic N) is 3. The van der Waals surface area contributed by atoms with E-state index in [2.05, 4.69) is 25.4 Å². The average molecular weight is 408 g/mol. The van der Waals surface area contributed by atoms with E-state index in [0.717, 1.165) is 23.8 Å². The van der Waals surface area contributed by atoms with Crippen LogP contribution in [0.25, 0.3) is 0 Å². The van der Waals surface area contributed by atoms with Gasteiger partial charge in [0.25, 0.3) is 0 Å². The van der Waals surface area contributed by atoms with Crippen LogP contribution in [0, 0.1) is 6.92 Å². The van der Waals surface area contributed by atoms with Crippen molar-refractivity contribution < 1.29 is 14.3 Å². The summed E-state index contributed by atoms with van der Waals surface area (Å²) >= 11 is 1.50. The Balaban J connectivity index is 1.83. The van der Waals surface area contributed by atoms with Gasteiger partial charge in [-0.15, -0.1) is 10.2 Å². The van der Waals surface area contributed by atoms with E-state index in [-0.39, 0.29) is 18.0 Å². The number of carbonyl (C=O) groups is 2. The highest BCUT2D eigenvalue weighted by Crippen LogP contribution is 2.33. The predicted molar refractivity (Wildman–Crippen MR) is 107 cm³/mol. The molecule has 1 atom stereocenters. The van der Waals surface area contributed by atoms with Crippen LogP contribution in [-0.4, -0.2) is 45.2 Å². The van der Waals surface area contributed by atoms with Crippen LogP contribution in [0.2, 0.25) is 0 Å². The lowest BCUT2D eigenvalue weighted by atomic mass is 9.95. The summed E-state index contributed by atoms with van der Waals surface area (Å²) in [5.41, 5.74) is 1.09. The normalized spacial score (nSPS) is 20.7. The van der Waals surface area contributed by atoms with Gasteiger partial charge in [0.05, 0.1) is 18.2 Å². The first-order valence-corrected chi connectivity index (χ1v) is 11.1. The van der Waals surface area contributed by atoms with E-state index in [0.29, 0.717) is 36.1 Å². The molecule has 1 aromatic rings. The van der Waals surface area contributed by atoms with Crippen molar-refractivity contribution in [2.75, 3.05) is 12.4 Å². The molecule has 1 aromatic heterocycles. The third-order valence-corrected chi connectivity index (χ3v) is 6.24. The topological polar surface area (TPSA) is 98.1 Å². The first kappa shape index (κ1) is 20.7. The maximum Gasteiger partial charge on any atom is 0.337 e. The molecule has 2 N–H and O–H groups in total. The van der Waals surface area contributed by atoms with Crippen LogP contribution < -0.4 is 10.6 Å². The molecule has 2 aliphatic rings. The molecular formula is C19H29N5O3S. The smallest absolute Gasteiger partial charge is 0.337 e. The lowest BCUT2D eigenvalue weighted by Gasteiger charge is -2.28. The molecule has 8 nitrogen and oxygen atoms in total. The molecule has 154 valence electrons. The zero-order chi connectivity index (χ0) is 20.1. The molecule has 2 amide bonds. The van der Waals surface area contributed by atoms with Gasteiger partial charge < -0.3 is 19.9 Å². The van der Waals surface area contributed by atoms with E-state index in [1.807, 2.05) is 13.8 Å². The van der Waals surface area contributed by atoms with Crippen LogP contribution in [0.4, 0.5) is 4.79 Å². The Bertz CT molecular complexity index is 755. The molecule has 1 aliphatic carbocycles. The molecule has 0 aromatic carbocycles. The molecule has 3 rings (SSSR count). The number of amides is 2. The second-order valence-electron chi connectivity index (χ2n) is 7.15. The Labute approximate surface area is 169 Å². The number of hydrogen-bond acceptors (Lipinski definition) is 6. The van der Waals surface area contributed by atoms with Crippen LogP contribution in [0.5, 0.6) is 0 Å². The van der Waals surface area contributed by atoms with Crippen molar-refractivity contribution in [2.45, 2.75) is 76.5 Å². The fraction of sp³-hybridized carbons (Fsp3) is 0.684. The van der Waals surface area contributed by atoms with Gasteiger partial charge in [0, 0.05) is 17.5 Å². The monoisotopic (exact) mass is 407 g/mol. The predicted octanol–water partition coefficient (Wildman–Crippen LogP) is 3.09. The van der Waals surface area contributed by atoms with Crippen molar-refractivity contribution in [3.63, 3.8) is 0 Å². The number of ether oxygens (including phenoxy) is 1. The molecule has 1 fully saturated rings. The van der Waals surface area contributed by atoms with Crippen molar-refractivity contribution >= 4 is 23.8 Å². The van der Waals surface area contributed by atoms with E-state index in [4.69, 9.17) is 4.74 Å². The van der Waals surface area contributed by atoms with Crippen LogP contribution in [0.3, 0.4) is 0 Å². The maximum absolute atomic E-state index is 12.5. The van der Waals surface area contributed by atoms with Crippen LogP contribution in [0.1, 0.15) is 64.2 Å². The van der Waals surface area contributed by atoms with Crippen molar-refractivity contribution in [2.24, 2.45) is 0 Å². The van der Waals surface area contributed by atoms with Gasteiger partial charge in [0.1, 0.15) is 5.82 Å². The molecule has 1 saturated carbocycles. The highest BCUT2D eigenvalue weighted by molar-refractivity contribution is 7.99. The lowest BCUT2D eigenvalue weighted by Crippen LogP contribution is -2.50.